The summed E-state index contributed by atoms with van der Waals surface area (Å²) in [5.74, 6) is 1.68. The number of ether oxygens (including phenoxy) is 1. The van der Waals surface area contributed by atoms with Gasteiger partial charge in [0.15, 0.2) is 0 Å². The molecule has 0 saturated carbocycles. The molecule has 0 aromatic heterocycles. The van der Waals surface area contributed by atoms with Crippen LogP contribution < -0.4 is 0 Å². The van der Waals surface area contributed by atoms with Crippen molar-refractivity contribution in [2.24, 2.45) is 11.3 Å². The molecule has 0 N–H and O–H groups in total. The van der Waals surface area contributed by atoms with Gasteiger partial charge in [0.25, 0.3) is 0 Å². The summed E-state index contributed by atoms with van der Waals surface area (Å²) in [6, 6.07) is -0.223. The van der Waals surface area contributed by atoms with E-state index in [-0.39, 0.29) is 49.7 Å². The van der Waals surface area contributed by atoms with E-state index in [1.54, 1.807) is 0 Å². The fraction of sp³-hybridized carbons (Fsp3) is 0.833. The number of rotatable bonds is 1. The Balaban J connectivity index is 0.00000196. The van der Waals surface area contributed by atoms with E-state index in [0.717, 1.165) is 0 Å². The zero-order chi connectivity index (χ0) is 11.1. The molecule has 3 atom stereocenters. The van der Waals surface area contributed by atoms with Crippen LogP contribution in [0.25, 0.3) is 0 Å². The molecule has 0 bridgehead atoms. The maximum atomic E-state index is 5.97. The molecule has 0 aliphatic carbocycles. The largest absolute Gasteiger partial charge is 0.445 e. The van der Waals surface area contributed by atoms with Gasteiger partial charge in [-0.3, -0.25) is 5.92 Å². The maximum absolute atomic E-state index is 5.97. The van der Waals surface area contributed by atoms with E-state index < -0.39 is 0 Å². The first kappa shape index (κ1) is 16.1. The van der Waals surface area contributed by atoms with Gasteiger partial charge < -0.3 is 11.2 Å². The van der Waals surface area contributed by atoms with Gasteiger partial charge in [0, 0.05) is 32.7 Å². The van der Waals surface area contributed by atoms with Crippen molar-refractivity contribution in [2.75, 3.05) is 0 Å². The van der Waals surface area contributed by atoms with Crippen LogP contribution in [0.15, 0.2) is 0 Å². The SMILES string of the molecule is [B]C1[CH-]C(C)C([C-](C)C)(C(C)(C)C)O1.[Y]. The molecular formula is C12H21BOY-2. The van der Waals surface area contributed by atoms with Gasteiger partial charge in [-0.25, -0.2) is 0 Å². The molecule has 1 heterocycles. The van der Waals surface area contributed by atoms with E-state index in [0.29, 0.717) is 5.92 Å². The van der Waals surface area contributed by atoms with E-state index in [4.69, 9.17) is 12.6 Å². The van der Waals surface area contributed by atoms with Gasteiger partial charge in [-0.15, -0.1) is 6.00 Å². The summed E-state index contributed by atoms with van der Waals surface area (Å²) in [7, 11) is 5.84. The van der Waals surface area contributed by atoms with Crippen LogP contribution in [0.5, 0.6) is 0 Å². The topological polar surface area (TPSA) is 9.23 Å². The second-order valence-corrected chi connectivity index (χ2v) is 5.55. The van der Waals surface area contributed by atoms with E-state index in [1.807, 2.05) is 0 Å². The molecule has 15 heavy (non-hydrogen) atoms. The summed E-state index contributed by atoms with van der Waals surface area (Å²) in [6.45, 7) is 13.1. The van der Waals surface area contributed by atoms with Gasteiger partial charge in [-0.1, -0.05) is 33.3 Å². The molecule has 83 valence electrons. The molecule has 1 aliphatic rings. The summed E-state index contributed by atoms with van der Waals surface area (Å²) < 4.78 is 5.97. The van der Waals surface area contributed by atoms with Crippen molar-refractivity contribution in [3.8, 4) is 0 Å². The normalized spacial score (nSPS) is 36.7. The Bertz CT molecular complexity index is 212. The van der Waals surface area contributed by atoms with Crippen LogP contribution >= 0.6 is 0 Å². The Kier molecular flexibility index (Phi) is 5.58. The standard InChI is InChI=1S/C12H21BO.Y/c1-8(2)12(11(4,5)6)9(3)7-10(13)14-12;/h7,9-10H,1-6H3;/q-2;. The van der Waals surface area contributed by atoms with E-state index >= 15 is 0 Å². The van der Waals surface area contributed by atoms with Gasteiger partial charge in [-0.05, 0) is 5.41 Å². The smallest absolute Gasteiger partial charge is 0.0623 e. The molecule has 1 saturated heterocycles. The van der Waals surface area contributed by atoms with Crippen LogP contribution in [0.4, 0.5) is 0 Å². The first-order valence-electron chi connectivity index (χ1n) is 5.31. The predicted octanol–water partition coefficient (Wildman–Crippen LogP) is 2.75. The summed E-state index contributed by atoms with van der Waals surface area (Å²) in [5.41, 5.74) is -0.123. The first-order valence-corrected chi connectivity index (χ1v) is 5.31. The summed E-state index contributed by atoms with van der Waals surface area (Å²) in [4.78, 5) is 0. The minimum Gasteiger partial charge on any atom is -0.445 e. The zero-order valence-electron chi connectivity index (χ0n) is 10.8. The Morgan fingerprint density at radius 2 is 1.80 bits per heavy atom. The van der Waals surface area contributed by atoms with Gasteiger partial charge in [-0.2, -0.15) is 19.8 Å². The molecule has 0 aromatic rings. The minimum absolute atomic E-state index is 0. The van der Waals surface area contributed by atoms with Crippen LogP contribution in [0.2, 0.25) is 0 Å². The molecule has 1 rings (SSSR count). The van der Waals surface area contributed by atoms with Crippen LogP contribution in [-0.2, 0) is 37.4 Å². The van der Waals surface area contributed by atoms with Crippen LogP contribution in [0, 0.1) is 23.7 Å². The average Bonchev–Trinajstić information content (AvgIpc) is 2.24. The second-order valence-electron chi connectivity index (χ2n) is 5.55. The van der Waals surface area contributed by atoms with E-state index in [2.05, 4.69) is 48.0 Å². The summed E-state index contributed by atoms with van der Waals surface area (Å²) in [5, 5.41) is 0. The first-order chi connectivity index (χ1) is 6.22. The molecule has 1 aliphatic heterocycles. The van der Waals surface area contributed by atoms with E-state index in [1.165, 1.54) is 5.92 Å². The van der Waals surface area contributed by atoms with Crippen molar-refractivity contribution in [3.63, 3.8) is 0 Å². The van der Waals surface area contributed by atoms with Crippen LogP contribution in [0.1, 0.15) is 41.5 Å². The van der Waals surface area contributed by atoms with Gasteiger partial charge in [0.05, 0.1) is 7.85 Å². The van der Waals surface area contributed by atoms with Gasteiger partial charge in [0.2, 0.25) is 0 Å². The van der Waals surface area contributed by atoms with Gasteiger partial charge in [0.1, 0.15) is 0 Å². The molecule has 1 nitrogen and oxygen atoms in total. The third-order valence-corrected chi connectivity index (χ3v) is 3.30. The van der Waals surface area contributed by atoms with E-state index in [9.17, 15) is 0 Å². The summed E-state index contributed by atoms with van der Waals surface area (Å²) >= 11 is 0. The average molecular weight is 281 g/mol. The second kappa shape index (κ2) is 5.19. The third kappa shape index (κ3) is 2.69. The minimum atomic E-state index is -0.223. The number of hydrogen-bond acceptors (Lipinski definition) is 1. The van der Waals surface area contributed by atoms with Crippen molar-refractivity contribution in [3.05, 3.63) is 12.3 Å². The predicted molar refractivity (Wildman–Crippen MR) is 60.9 cm³/mol. The summed E-state index contributed by atoms with van der Waals surface area (Å²) in [6.07, 6.45) is 2.10. The molecule has 0 amide bonds. The Hall–Kier alpha value is 1.13. The molecule has 3 unspecified atom stereocenters. The molecule has 0 aromatic carbocycles. The molecule has 3 radical (unpaired) electrons. The molecule has 3 heteroatoms. The van der Waals surface area contributed by atoms with Crippen molar-refractivity contribution in [1.29, 1.82) is 0 Å². The van der Waals surface area contributed by atoms with Crippen LogP contribution in [0.3, 0.4) is 0 Å². The Morgan fingerprint density at radius 3 is 1.93 bits per heavy atom. The van der Waals surface area contributed by atoms with Crippen molar-refractivity contribution in [1.82, 2.24) is 0 Å². The fourth-order valence-corrected chi connectivity index (χ4v) is 2.96. The Morgan fingerprint density at radius 1 is 1.33 bits per heavy atom. The number of hydrogen-bond donors (Lipinski definition) is 0. The fourth-order valence-electron chi connectivity index (χ4n) is 2.96. The monoisotopic (exact) mass is 281 g/mol. The van der Waals surface area contributed by atoms with Crippen molar-refractivity contribution >= 4 is 7.85 Å². The van der Waals surface area contributed by atoms with Crippen molar-refractivity contribution < 1.29 is 37.4 Å². The Labute approximate surface area is 121 Å². The molecular weight excluding hydrogens is 260 g/mol. The molecule has 1 fully saturated rings. The quantitative estimate of drug-likeness (QED) is 0.530. The zero-order valence-corrected chi connectivity index (χ0v) is 13.6. The maximum Gasteiger partial charge on any atom is 0.0623 e. The van der Waals surface area contributed by atoms with Crippen molar-refractivity contribution in [2.45, 2.75) is 53.1 Å². The van der Waals surface area contributed by atoms with Gasteiger partial charge >= 0.3 is 0 Å². The van der Waals surface area contributed by atoms with Crippen LogP contribution in [-0.4, -0.2) is 19.5 Å². The third-order valence-electron chi connectivity index (χ3n) is 3.30. The molecule has 0 spiro atoms.